The molecule has 0 spiro atoms. The number of benzene rings is 1. The molecule has 0 bridgehead atoms. The van der Waals surface area contributed by atoms with Crippen molar-refractivity contribution in [1.29, 1.82) is 0 Å². The smallest absolute Gasteiger partial charge is 0.146 e. The number of hydrogen-bond acceptors (Lipinski definition) is 4. The zero-order chi connectivity index (χ0) is 12.3. The number of hydrogen-bond donors (Lipinski definition) is 1. The Morgan fingerprint density at radius 3 is 2.59 bits per heavy atom. The van der Waals surface area contributed by atoms with Gasteiger partial charge in [0, 0.05) is 5.56 Å². The molecule has 0 atom stereocenters. The maximum absolute atomic E-state index is 6.05. The molecule has 2 rings (SSSR count). The number of nitrogens with zero attached hydrogens (tertiary/aromatic N) is 2. The molecule has 17 heavy (non-hydrogen) atoms. The first-order valence-corrected chi connectivity index (χ1v) is 5.59. The normalized spacial score (nSPS) is 10.2. The molecular formula is C12H12ClN3O. The van der Waals surface area contributed by atoms with Gasteiger partial charge in [-0.3, -0.25) is 0 Å². The van der Waals surface area contributed by atoms with Crippen molar-refractivity contribution < 1.29 is 4.74 Å². The third kappa shape index (κ3) is 2.47. The van der Waals surface area contributed by atoms with Crippen LogP contribution in [0.4, 0.5) is 5.82 Å². The summed E-state index contributed by atoms with van der Waals surface area (Å²) in [5.41, 5.74) is 7.14. The molecule has 0 aliphatic carbocycles. The molecule has 0 fully saturated rings. The average Bonchev–Trinajstić information content (AvgIpc) is 2.34. The summed E-state index contributed by atoms with van der Waals surface area (Å²) in [6.07, 6.45) is 1.40. The number of nitrogens with two attached hydrogens (primary N) is 1. The van der Waals surface area contributed by atoms with Crippen LogP contribution in [0.2, 0.25) is 5.02 Å². The first-order valence-electron chi connectivity index (χ1n) is 5.21. The molecule has 0 saturated heterocycles. The van der Waals surface area contributed by atoms with Gasteiger partial charge in [-0.05, 0) is 31.2 Å². The van der Waals surface area contributed by atoms with E-state index in [0.717, 1.165) is 11.3 Å². The van der Waals surface area contributed by atoms with Crippen LogP contribution in [0.15, 0.2) is 30.6 Å². The van der Waals surface area contributed by atoms with E-state index < -0.39 is 0 Å². The summed E-state index contributed by atoms with van der Waals surface area (Å²) in [6.45, 7) is 2.58. The second kappa shape index (κ2) is 5.01. The lowest BCUT2D eigenvalue weighted by Crippen LogP contribution is -1.96. The molecule has 5 heteroatoms. The SMILES string of the molecule is CCOc1ccc(-c2ncnc(N)c2Cl)cc1. The van der Waals surface area contributed by atoms with E-state index in [1.54, 1.807) is 0 Å². The first-order chi connectivity index (χ1) is 8.22. The van der Waals surface area contributed by atoms with Crippen LogP contribution in [0.3, 0.4) is 0 Å². The van der Waals surface area contributed by atoms with Gasteiger partial charge in [-0.1, -0.05) is 11.6 Å². The molecule has 1 aromatic carbocycles. The van der Waals surface area contributed by atoms with E-state index in [0.29, 0.717) is 17.3 Å². The lowest BCUT2D eigenvalue weighted by Gasteiger charge is -2.06. The van der Waals surface area contributed by atoms with Gasteiger partial charge < -0.3 is 10.5 Å². The number of halogens is 1. The van der Waals surface area contributed by atoms with E-state index in [9.17, 15) is 0 Å². The maximum Gasteiger partial charge on any atom is 0.146 e. The van der Waals surface area contributed by atoms with Crippen molar-refractivity contribution in [3.8, 4) is 17.0 Å². The third-order valence-corrected chi connectivity index (χ3v) is 2.63. The summed E-state index contributed by atoms with van der Waals surface area (Å²) >= 11 is 6.05. The summed E-state index contributed by atoms with van der Waals surface area (Å²) < 4.78 is 5.36. The molecule has 2 aromatic rings. The van der Waals surface area contributed by atoms with Gasteiger partial charge >= 0.3 is 0 Å². The summed E-state index contributed by atoms with van der Waals surface area (Å²) in [5, 5.41) is 0.372. The van der Waals surface area contributed by atoms with Crippen molar-refractivity contribution >= 4 is 17.4 Å². The Bertz CT molecular complexity index is 514. The molecule has 1 heterocycles. The Morgan fingerprint density at radius 2 is 1.94 bits per heavy atom. The maximum atomic E-state index is 6.05. The number of aromatic nitrogens is 2. The van der Waals surface area contributed by atoms with Crippen molar-refractivity contribution in [2.24, 2.45) is 0 Å². The molecule has 0 saturated carbocycles. The Morgan fingerprint density at radius 1 is 1.24 bits per heavy atom. The number of rotatable bonds is 3. The largest absolute Gasteiger partial charge is 0.494 e. The van der Waals surface area contributed by atoms with E-state index >= 15 is 0 Å². The minimum atomic E-state index is 0.283. The van der Waals surface area contributed by atoms with Gasteiger partial charge in [-0.15, -0.1) is 0 Å². The summed E-state index contributed by atoms with van der Waals surface area (Å²) in [7, 11) is 0. The van der Waals surface area contributed by atoms with Crippen LogP contribution >= 0.6 is 11.6 Å². The number of ether oxygens (including phenoxy) is 1. The standard InChI is InChI=1S/C12H12ClN3O/c1-2-17-9-5-3-8(4-6-9)11-10(13)12(14)16-7-15-11/h3-7H,2H2,1H3,(H2,14,15,16). The van der Waals surface area contributed by atoms with E-state index in [4.69, 9.17) is 22.1 Å². The van der Waals surface area contributed by atoms with Crippen LogP contribution in [0, 0.1) is 0 Å². The van der Waals surface area contributed by atoms with Crippen LogP contribution in [0.5, 0.6) is 5.75 Å². The van der Waals surface area contributed by atoms with Crippen LogP contribution in [-0.4, -0.2) is 16.6 Å². The molecule has 4 nitrogen and oxygen atoms in total. The quantitative estimate of drug-likeness (QED) is 0.909. The van der Waals surface area contributed by atoms with Gasteiger partial charge in [0.25, 0.3) is 0 Å². The van der Waals surface area contributed by atoms with E-state index in [-0.39, 0.29) is 5.82 Å². The van der Waals surface area contributed by atoms with E-state index in [2.05, 4.69) is 9.97 Å². The van der Waals surface area contributed by atoms with Crippen LogP contribution in [0.25, 0.3) is 11.3 Å². The van der Waals surface area contributed by atoms with Crippen LogP contribution in [-0.2, 0) is 0 Å². The fraction of sp³-hybridized carbons (Fsp3) is 0.167. The monoisotopic (exact) mass is 249 g/mol. The van der Waals surface area contributed by atoms with Gasteiger partial charge in [-0.25, -0.2) is 9.97 Å². The van der Waals surface area contributed by atoms with Gasteiger partial charge in [0.1, 0.15) is 22.9 Å². The average molecular weight is 250 g/mol. The van der Waals surface area contributed by atoms with E-state index in [1.807, 2.05) is 31.2 Å². The third-order valence-electron chi connectivity index (χ3n) is 2.26. The highest BCUT2D eigenvalue weighted by Crippen LogP contribution is 2.29. The minimum absolute atomic E-state index is 0.283. The lowest BCUT2D eigenvalue weighted by molar-refractivity contribution is 0.340. The molecule has 1 aromatic heterocycles. The van der Waals surface area contributed by atoms with Crippen LogP contribution in [0.1, 0.15) is 6.92 Å². The fourth-order valence-electron chi connectivity index (χ4n) is 1.46. The Labute approximate surface area is 104 Å². The summed E-state index contributed by atoms with van der Waals surface area (Å²) in [4.78, 5) is 7.94. The highest BCUT2D eigenvalue weighted by atomic mass is 35.5. The predicted molar refractivity (Wildman–Crippen MR) is 68.1 cm³/mol. The molecule has 0 amide bonds. The predicted octanol–water partition coefficient (Wildman–Crippen LogP) is 2.78. The second-order valence-electron chi connectivity index (χ2n) is 3.38. The second-order valence-corrected chi connectivity index (χ2v) is 3.76. The zero-order valence-electron chi connectivity index (χ0n) is 9.35. The Kier molecular flexibility index (Phi) is 3.44. The zero-order valence-corrected chi connectivity index (χ0v) is 10.1. The molecule has 2 N–H and O–H groups in total. The molecule has 0 radical (unpaired) electrons. The summed E-state index contributed by atoms with van der Waals surface area (Å²) in [5.74, 6) is 1.10. The topological polar surface area (TPSA) is 61.0 Å². The van der Waals surface area contributed by atoms with Gasteiger partial charge in [-0.2, -0.15) is 0 Å². The molecular weight excluding hydrogens is 238 g/mol. The highest BCUT2D eigenvalue weighted by Gasteiger charge is 2.08. The Balaban J connectivity index is 2.36. The number of nitrogen functional groups attached to an aromatic ring is 1. The highest BCUT2D eigenvalue weighted by molar-refractivity contribution is 6.35. The lowest BCUT2D eigenvalue weighted by atomic mass is 10.1. The molecule has 0 unspecified atom stereocenters. The first kappa shape index (κ1) is 11.7. The summed E-state index contributed by atoms with van der Waals surface area (Å²) in [6, 6.07) is 7.51. The van der Waals surface area contributed by atoms with Crippen molar-refractivity contribution in [1.82, 2.24) is 9.97 Å². The molecule has 0 aliphatic rings. The number of anilines is 1. The van der Waals surface area contributed by atoms with Crippen molar-refractivity contribution in [3.63, 3.8) is 0 Å². The van der Waals surface area contributed by atoms with Crippen LogP contribution < -0.4 is 10.5 Å². The fourth-order valence-corrected chi connectivity index (χ4v) is 1.67. The van der Waals surface area contributed by atoms with Crippen molar-refractivity contribution in [2.45, 2.75) is 6.92 Å². The molecule has 88 valence electrons. The van der Waals surface area contributed by atoms with E-state index in [1.165, 1.54) is 6.33 Å². The van der Waals surface area contributed by atoms with Gasteiger partial charge in [0.2, 0.25) is 0 Å². The molecule has 0 aliphatic heterocycles. The van der Waals surface area contributed by atoms with Crippen molar-refractivity contribution in [3.05, 3.63) is 35.6 Å². The van der Waals surface area contributed by atoms with Gasteiger partial charge in [0.05, 0.1) is 12.3 Å². The van der Waals surface area contributed by atoms with Crippen molar-refractivity contribution in [2.75, 3.05) is 12.3 Å². The Hall–Kier alpha value is -1.81. The minimum Gasteiger partial charge on any atom is -0.494 e. The van der Waals surface area contributed by atoms with Gasteiger partial charge in [0.15, 0.2) is 0 Å².